The molecule has 4 heteroatoms. The summed E-state index contributed by atoms with van der Waals surface area (Å²) < 4.78 is 0. The van der Waals surface area contributed by atoms with Crippen LogP contribution in [-0.2, 0) is 4.79 Å². The van der Waals surface area contributed by atoms with Gasteiger partial charge < -0.3 is 10.2 Å². The molecule has 0 aromatic carbocycles. The molecule has 0 heterocycles. The lowest BCUT2D eigenvalue weighted by molar-refractivity contribution is -0.122. The molecule has 0 radical (unpaired) electrons. The van der Waals surface area contributed by atoms with E-state index in [1.807, 2.05) is 0 Å². The van der Waals surface area contributed by atoms with Crippen LogP contribution in [0.25, 0.3) is 0 Å². The van der Waals surface area contributed by atoms with Crippen LogP contribution >= 0.6 is 12.6 Å². The monoisotopic (exact) mass is 242 g/mol. The van der Waals surface area contributed by atoms with E-state index in [0.717, 1.165) is 24.9 Å². The smallest absolute Gasteiger partial charge is 0.220 e. The number of carbonyl (C=O) groups is 1. The molecule has 0 aromatic heterocycles. The Morgan fingerprint density at radius 1 is 1.50 bits per heavy atom. The van der Waals surface area contributed by atoms with Crippen LogP contribution < -0.4 is 5.32 Å². The van der Waals surface area contributed by atoms with Crippen molar-refractivity contribution < 1.29 is 4.79 Å². The number of thiol groups is 1. The lowest BCUT2D eigenvalue weighted by Crippen LogP contribution is -2.35. The van der Waals surface area contributed by atoms with Crippen molar-refractivity contribution in [1.29, 1.82) is 0 Å². The fourth-order valence-electron chi connectivity index (χ4n) is 2.04. The zero-order valence-electron chi connectivity index (χ0n) is 10.0. The number of hydrogen-bond acceptors (Lipinski definition) is 3. The van der Waals surface area contributed by atoms with Crippen molar-refractivity contribution in [3.63, 3.8) is 0 Å². The summed E-state index contributed by atoms with van der Waals surface area (Å²) >= 11 is 4.31. The van der Waals surface area contributed by atoms with Gasteiger partial charge in [0.2, 0.25) is 5.91 Å². The maximum absolute atomic E-state index is 11.7. The van der Waals surface area contributed by atoms with E-state index >= 15 is 0 Å². The molecule has 2 fully saturated rings. The van der Waals surface area contributed by atoms with E-state index in [1.165, 1.54) is 25.7 Å². The van der Waals surface area contributed by atoms with Gasteiger partial charge >= 0.3 is 0 Å². The quantitative estimate of drug-likeness (QED) is 0.660. The molecule has 0 saturated heterocycles. The summed E-state index contributed by atoms with van der Waals surface area (Å²) in [4.78, 5) is 14.0. The second-order valence-electron chi connectivity index (χ2n) is 5.40. The molecule has 0 unspecified atom stereocenters. The number of nitrogens with zero attached hydrogens (tertiary/aromatic N) is 1. The Kier molecular flexibility index (Phi) is 3.80. The lowest BCUT2D eigenvalue weighted by Gasteiger charge is -2.16. The van der Waals surface area contributed by atoms with Gasteiger partial charge in [0.25, 0.3) is 0 Å². The third kappa shape index (κ3) is 3.39. The van der Waals surface area contributed by atoms with Crippen LogP contribution in [0.2, 0.25) is 0 Å². The van der Waals surface area contributed by atoms with E-state index in [2.05, 4.69) is 29.9 Å². The van der Waals surface area contributed by atoms with E-state index in [0.29, 0.717) is 6.42 Å². The van der Waals surface area contributed by atoms with Crippen molar-refractivity contribution in [3.8, 4) is 0 Å². The Balaban J connectivity index is 1.56. The van der Waals surface area contributed by atoms with Gasteiger partial charge in [-0.3, -0.25) is 4.79 Å². The molecular formula is C12H22N2OS. The van der Waals surface area contributed by atoms with Gasteiger partial charge in [0.1, 0.15) is 0 Å². The first-order valence-corrected chi connectivity index (χ1v) is 6.86. The van der Waals surface area contributed by atoms with Crippen LogP contribution in [0, 0.1) is 5.41 Å². The van der Waals surface area contributed by atoms with Crippen molar-refractivity contribution in [2.45, 2.75) is 38.1 Å². The zero-order valence-corrected chi connectivity index (χ0v) is 10.9. The second kappa shape index (κ2) is 4.96. The minimum absolute atomic E-state index is 0.204. The zero-order chi connectivity index (χ0) is 11.6. The average molecular weight is 242 g/mol. The van der Waals surface area contributed by atoms with Gasteiger partial charge in [-0.2, -0.15) is 12.6 Å². The molecule has 2 saturated carbocycles. The summed E-state index contributed by atoms with van der Waals surface area (Å²) in [5.41, 5.74) is 0.246. The first-order valence-electron chi connectivity index (χ1n) is 6.23. The molecular weight excluding hydrogens is 220 g/mol. The van der Waals surface area contributed by atoms with Crippen molar-refractivity contribution >= 4 is 18.5 Å². The highest BCUT2D eigenvalue weighted by molar-refractivity contribution is 7.80. The molecule has 1 amide bonds. The predicted molar refractivity (Wildman–Crippen MR) is 68.8 cm³/mol. The van der Waals surface area contributed by atoms with E-state index in [9.17, 15) is 4.79 Å². The highest BCUT2D eigenvalue weighted by Crippen LogP contribution is 2.49. The van der Waals surface area contributed by atoms with E-state index in [-0.39, 0.29) is 11.3 Å². The molecule has 2 rings (SSSR count). The predicted octanol–water partition coefficient (Wildman–Crippen LogP) is 1.30. The van der Waals surface area contributed by atoms with Crippen molar-refractivity contribution in [2.75, 3.05) is 25.9 Å². The average Bonchev–Trinajstić information content (AvgIpc) is 3.13. The fourth-order valence-corrected chi connectivity index (χ4v) is 2.47. The summed E-state index contributed by atoms with van der Waals surface area (Å²) in [6.45, 7) is 1.76. The molecule has 3 nitrogen and oxygen atoms in total. The summed E-state index contributed by atoms with van der Waals surface area (Å²) in [7, 11) is 2.14. The molecule has 0 aliphatic heterocycles. The third-order valence-corrected chi connectivity index (χ3v) is 4.46. The summed E-state index contributed by atoms with van der Waals surface area (Å²) in [6.07, 6.45) is 5.67. The topological polar surface area (TPSA) is 32.3 Å². The van der Waals surface area contributed by atoms with Gasteiger partial charge in [-0.1, -0.05) is 0 Å². The molecule has 0 bridgehead atoms. The van der Waals surface area contributed by atoms with Gasteiger partial charge in [-0.05, 0) is 43.9 Å². The largest absolute Gasteiger partial charge is 0.355 e. The number of likely N-dealkylation sites (N-methyl/N-ethyl adjacent to an activating group) is 1. The molecule has 0 aromatic rings. The Bertz CT molecular complexity index is 262. The van der Waals surface area contributed by atoms with E-state index < -0.39 is 0 Å². The van der Waals surface area contributed by atoms with Gasteiger partial charge in [-0.25, -0.2) is 0 Å². The fraction of sp³-hybridized carbons (Fsp3) is 0.917. The van der Waals surface area contributed by atoms with Crippen molar-refractivity contribution in [2.24, 2.45) is 5.41 Å². The Hall–Kier alpha value is -0.220. The van der Waals surface area contributed by atoms with Gasteiger partial charge in [0, 0.05) is 25.6 Å². The van der Waals surface area contributed by atoms with Crippen LogP contribution in [0.5, 0.6) is 0 Å². The van der Waals surface area contributed by atoms with Crippen molar-refractivity contribution in [3.05, 3.63) is 0 Å². The standard InChI is InChI=1S/C12H22N2OS/c1-14(10-2-3-10)7-6-13-11(15)8-12(9-16)4-5-12/h10,16H,2-9H2,1H3,(H,13,15). The summed E-state index contributed by atoms with van der Waals surface area (Å²) in [5, 5.41) is 3.01. The SMILES string of the molecule is CN(CCNC(=O)CC1(CS)CC1)C1CC1. The Morgan fingerprint density at radius 3 is 2.69 bits per heavy atom. The Morgan fingerprint density at radius 2 is 2.19 bits per heavy atom. The molecule has 2 aliphatic carbocycles. The molecule has 1 N–H and O–H groups in total. The number of hydrogen-bond donors (Lipinski definition) is 2. The van der Waals surface area contributed by atoms with Crippen LogP contribution in [0.3, 0.4) is 0 Å². The molecule has 2 aliphatic rings. The number of carbonyl (C=O) groups excluding carboxylic acids is 1. The van der Waals surface area contributed by atoms with Crippen LogP contribution in [0.4, 0.5) is 0 Å². The van der Waals surface area contributed by atoms with Crippen LogP contribution in [0.1, 0.15) is 32.1 Å². The highest BCUT2D eigenvalue weighted by atomic mass is 32.1. The van der Waals surface area contributed by atoms with Gasteiger partial charge in [0.15, 0.2) is 0 Å². The second-order valence-corrected chi connectivity index (χ2v) is 5.71. The Labute approximate surface area is 103 Å². The van der Waals surface area contributed by atoms with Crippen LogP contribution in [0.15, 0.2) is 0 Å². The molecule has 92 valence electrons. The molecule has 0 atom stereocenters. The van der Waals surface area contributed by atoms with Gasteiger partial charge in [-0.15, -0.1) is 0 Å². The van der Waals surface area contributed by atoms with Gasteiger partial charge in [0.05, 0.1) is 0 Å². The van der Waals surface area contributed by atoms with Crippen LogP contribution in [-0.4, -0.2) is 42.7 Å². The number of amides is 1. The first-order chi connectivity index (χ1) is 7.65. The lowest BCUT2D eigenvalue weighted by atomic mass is 10.1. The number of nitrogens with one attached hydrogen (secondary N) is 1. The third-order valence-electron chi connectivity index (χ3n) is 3.78. The molecule has 16 heavy (non-hydrogen) atoms. The summed E-state index contributed by atoms with van der Waals surface area (Å²) in [6, 6.07) is 0.782. The number of rotatable bonds is 7. The minimum atomic E-state index is 0.204. The molecule has 0 spiro atoms. The normalized spacial score (nSPS) is 22.2. The van der Waals surface area contributed by atoms with Crippen molar-refractivity contribution in [1.82, 2.24) is 10.2 Å². The highest BCUT2D eigenvalue weighted by Gasteiger charge is 2.42. The summed E-state index contributed by atoms with van der Waals surface area (Å²) in [5.74, 6) is 1.05. The van der Waals surface area contributed by atoms with E-state index in [1.54, 1.807) is 0 Å². The maximum atomic E-state index is 11.7. The van der Waals surface area contributed by atoms with E-state index in [4.69, 9.17) is 0 Å². The minimum Gasteiger partial charge on any atom is -0.355 e. The maximum Gasteiger partial charge on any atom is 0.220 e. The first kappa shape index (κ1) is 12.2.